The number of nitrogens with zero attached hydrogens (tertiary/aromatic N) is 2. The van der Waals surface area contributed by atoms with E-state index in [1.807, 2.05) is 41.1 Å². The first-order valence-electron chi connectivity index (χ1n) is 8.73. The van der Waals surface area contributed by atoms with Gasteiger partial charge >= 0.3 is 0 Å². The number of fused-ring (bicyclic) bond motifs is 1. The Labute approximate surface area is 147 Å². The molecule has 1 aromatic heterocycles. The van der Waals surface area contributed by atoms with E-state index in [2.05, 4.69) is 28.5 Å². The maximum absolute atomic E-state index is 12.6. The van der Waals surface area contributed by atoms with Crippen molar-refractivity contribution in [3.05, 3.63) is 89.5 Å². The first kappa shape index (κ1) is 15.6. The van der Waals surface area contributed by atoms with E-state index in [4.69, 9.17) is 0 Å². The van der Waals surface area contributed by atoms with E-state index in [-0.39, 0.29) is 11.9 Å². The predicted octanol–water partition coefficient (Wildman–Crippen LogP) is 3.74. The summed E-state index contributed by atoms with van der Waals surface area (Å²) in [7, 11) is 0. The van der Waals surface area contributed by atoms with Crippen LogP contribution < -0.4 is 5.32 Å². The van der Waals surface area contributed by atoms with Crippen LogP contribution in [0.25, 0.3) is 0 Å². The molecule has 0 aliphatic heterocycles. The van der Waals surface area contributed by atoms with E-state index in [1.54, 1.807) is 12.5 Å². The molecular formula is C21H21N3O. The Bertz CT molecular complexity index is 853. The second-order valence-corrected chi connectivity index (χ2v) is 6.55. The van der Waals surface area contributed by atoms with Gasteiger partial charge in [-0.3, -0.25) is 4.79 Å². The van der Waals surface area contributed by atoms with Crippen LogP contribution >= 0.6 is 0 Å². The number of nitrogens with one attached hydrogen (secondary N) is 1. The van der Waals surface area contributed by atoms with Gasteiger partial charge in [0.1, 0.15) is 0 Å². The van der Waals surface area contributed by atoms with Gasteiger partial charge in [-0.05, 0) is 48.1 Å². The molecule has 1 unspecified atom stereocenters. The summed E-state index contributed by atoms with van der Waals surface area (Å²) in [5.41, 5.74) is 4.48. The lowest BCUT2D eigenvalue weighted by molar-refractivity contribution is 0.0932. The number of rotatable bonds is 4. The standard InChI is InChI=1S/C21H21N3O/c25-21(23-20-7-3-5-17-4-1-2-6-19(17)20)18-10-8-16(9-11-18)14-24-13-12-22-15-24/h1-2,4,6,8-13,15,20H,3,5,7,14H2,(H,23,25). The predicted molar refractivity (Wildman–Crippen MR) is 97.4 cm³/mol. The van der Waals surface area contributed by atoms with Gasteiger partial charge in [0.25, 0.3) is 5.91 Å². The van der Waals surface area contributed by atoms with Crippen molar-refractivity contribution in [3.8, 4) is 0 Å². The van der Waals surface area contributed by atoms with Crippen LogP contribution in [0.3, 0.4) is 0 Å². The van der Waals surface area contributed by atoms with Crippen molar-refractivity contribution in [2.75, 3.05) is 0 Å². The van der Waals surface area contributed by atoms with E-state index in [0.717, 1.165) is 31.4 Å². The first-order chi connectivity index (χ1) is 12.3. The topological polar surface area (TPSA) is 46.9 Å². The van der Waals surface area contributed by atoms with E-state index >= 15 is 0 Å². The average Bonchev–Trinajstić information content (AvgIpc) is 3.16. The zero-order valence-corrected chi connectivity index (χ0v) is 14.1. The molecule has 0 radical (unpaired) electrons. The summed E-state index contributed by atoms with van der Waals surface area (Å²) in [5, 5.41) is 3.20. The van der Waals surface area contributed by atoms with Crippen LogP contribution in [-0.2, 0) is 13.0 Å². The molecule has 0 fully saturated rings. The number of hydrogen-bond donors (Lipinski definition) is 1. The number of benzene rings is 2. The highest BCUT2D eigenvalue weighted by atomic mass is 16.1. The first-order valence-corrected chi connectivity index (χ1v) is 8.73. The van der Waals surface area contributed by atoms with Gasteiger partial charge in [0.05, 0.1) is 12.4 Å². The molecule has 4 rings (SSSR count). The maximum Gasteiger partial charge on any atom is 0.251 e. The van der Waals surface area contributed by atoms with Gasteiger partial charge in [0.15, 0.2) is 0 Å². The summed E-state index contributed by atoms with van der Waals surface area (Å²) in [6.07, 6.45) is 8.71. The van der Waals surface area contributed by atoms with Crippen molar-refractivity contribution in [2.24, 2.45) is 0 Å². The summed E-state index contributed by atoms with van der Waals surface area (Å²) < 4.78 is 2.01. The molecule has 4 heteroatoms. The highest BCUT2D eigenvalue weighted by molar-refractivity contribution is 5.94. The third-order valence-corrected chi connectivity index (χ3v) is 4.82. The fourth-order valence-electron chi connectivity index (χ4n) is 3.50. The maximum atomic E-state index is 12.6. The van der Waals surface area contributed by atoms with Crippen LogP contribution in [0.15, 0.2) is 67.3 Å². The number of carbonyl (C=O) groups is 1. The quantitative estimate of drug-likeness (QED) is 0.792. The van der Waals surface area contributed by atoms with Crippen molar-refractivity contribution in [2.45, 2.75) is 31.8 Å². The molecule has 0 spiro atoms. The van der Waals surface area contributed by atoms with Crippen molar-refractivity contribution >= 4 is 5.91 Å². The van der Waals surface area contributed by atoms with Crippen LogP contribution in [0.2, 0.25) is 0 Å². The Morgan fingerprint density at radius 3 is 2.80 bits per heavy atom. The molecule has 0 saturated heterocycles. The fraction of sp³-hybridized carbons (Fsp3) is 0.238. The molecule has 1 aliphatic rings. The van der Waals surface area contributed by atoms with Crippen LogP contribution in [-0.4, -0.2) is 15.5 Å². The van der Waals surface area contributed by atoms with E-state index in [1.165, 1.54) is 11.1 Å². The van der Waals surface area contributed by atoms with E-state index in [9.17, 15) is 4.79 Å². The Morgan fingerprint density at radius 1 is 1.16 bits per heavy atom. The third-order valence-electron chi connectivity index (χ3n) is 4.82. The van der Waals surface area contributed by atoms with E-state index in [0.29, 0.717) is 5.56 Å². The number of imidazole rings is 1. The van der Waals surface area contributed by atoms with Gasteiger partial charge in [-0.1, -0.05) is 36.4 Å². The summed E-state index contributed by atoms with van der Waals surface area (Å²) in [6, 6.07) is 16.3. The number of aromatic nitrogens is 2. The molecule has 0 bridgehead atoms. The fourth-order valence-corrected chi connectivity index (χ4v) is 3.50. The number of carbonyl (C=O) groups excluding carboxylic acids is 1. The van der Waals surface area contributed by atoms with Crippen LogP contribution in [0, 0.1) is 0 Å². The lowest BCUT2D eigenvalue weighted by Gasteiger charge is -2.26. The van der Waals surface area contributed by atoms with E-state index < -0.39 is 0 Å². The smallest absolute Gasteiger partial charge is 0.251 e. The van der Waals surface area contributed by atoms with Crippen molar-refractivity contribution < 1.29 is 4.79 Å². The second kappa shape index (κ2) is 6.93. The molecule has 2 aromatic carbocycles. The van der Waals surface area contributed by atoms with Gasteiger partial charge < -0.3 is 9.88 Å². The Balaban J connectivity index is 1.45. The zero-order chi connectivity index (χ0) is 17.1. The minimum absolute atomic E-state index is 0.00381. The Hall–Kier alpha value is -2.88. The van der Waals surface area contributed by atoms with Crippen molar-refractivity contribution in [3.63, 3.8) is 0 Å². The van der Waals surface area contributed by atoms with Gasteiger partial charge in [0.2, 0.25) is 0 Å². The Morgan fingerprint density at radius 2 is 2.00 bits per heavy atom. The summed E-state index contributed by atoms with van der Waals surface area (Å²) in [4.78, 5) is 16.7. The molecule has 1 amide bonds. The SMILES string of the molecule is O=C(NC1CCCc2ccccc21)c1ccc(Cn2ccnc2)cc1. The lowest BCUT2D eigenvalue weighted by Crippen LogP contribution is -2.30. The number of amides is 1. The molecule has 1 aliphatic carbocycles. The van der Waals surface area contributed by atoms with Gasteiger partial charge in [0, 0.05) is 24.5 Å². The highest BCUT2D eigenvalue weighted by Crippen LogP contribution is 2.29. The number of aryl methyl sites for hydroxylation is 1. The van der Waals surface area contributed by atoms with Gasteiger partial charge in [-0.25, -0.2) is 4.98 Å². The highest BCUT2D eigenvalue weighted by Gasteiger charge is 2.21. The molecule has 25 heavy (non-hydrogen) atoms. The van der Waals surface area contributed by atoms with Crippen LogP contribution in [0.5, 0.6) is 0 Å². The molecular weight excluding hydrogens is 310 g/mol. The molecule has 4 nitrogen and oxygen atoms in total. The monoisotopic (exact) mass is 331 g/mol. The minimum atomic E-state index is -0.00381. The van der Waals surface area contributed by atoms with Crippen LogP contribution in [0.1, 0.15) is 45.9 Å². The molecule has 1 N–H and O–H groups in total. The van der Waals surface area contributed by atoms with Crippen molar-refractivity contribution in [1.29, 1.82) is 0 Å². The van der Waals surface area contributed by atoms with Crippen molar-refractivity contribution in [1.82, 2.24) is 14.9 Å². The van der Waals surface area contributed by atoms with Gasteiger partial charge in [-0.15, -0.1) is 0 Å². The molecule has 1 atom stereocenters. The minimum Gasteiger partial charge on any atom is -0.345 e. The normalized spacial score (nSPS) is 16.2. The molecule has 0 saturated carbocycles. The Kier molecular flexibility index (Phi) is 4.34. The molecule has 1 heterocycles. The summed E-state index contributed by atoms with van der Waals surface area (Å²) in [6.45, 7) is 0.762. The van der Waals surface area contributed by atoms with Crippen LogP contribution in [0.4, 0.5) is 0 Å². The number of hydrogen-bond acceptors (Lipinski definition) is 2. The van der Waals surface area contributed by atoms with Gasteiger partial charge in [-0.2, -0.15) is 0 Å². The zero-order valence-electron chi connectivity index (χ0n) is 14.1. The summed E-state index contributed by atoms with van der Waals surface area (Å²) in [5.74, 6) is -0.00381. The second-order valence-electron chi connectivity index (χ2n) is 6.55. The third kappa shape index (κ3) is 3.48. The summed E-state index contributed by atoms with van der Waals surface area (Å²) >= 11 is 0. The molecule has 126 valence electrons. The largest absolute Gasteiger partial charge is 0.345 e. The lowest BCUT2D eigenvalue weighted by atomic mass is 9.87. The molecule has 3 aromatic rings. The average molecular weight is 331 g/mol.